The first-order chi connectivity index (χ1) is 8.56. The number of likely N-dealkylation sites (N-methyl/N-ethyl adjacent to an activating group) is 1. The van der Waals surface area contributed by atoms with Crippen molar-refractivity contribution >= 4 is 0 Å². The zero-order chi connectivity index (χ0) is 13.1. The van der Waals surface area contributed by atoms with E-state index in [1.54, 1.807) is 6.42 Å². The highest BCUT2D eigenvalue weighted by molar-refractivity contribution is 4.90. The molecule has 2 rings (SSSR count). The van der Waals surface area contributed by atoms with Crippen LogP contribution in [-0.2, 0) is 0 Å². The molecule has 18 heavy (non-hydrogen) atoms. The van der Waals surface area contributed by atoms with Crippen LogP contribution < -0.4 is 5.32 Å². The fourth-order valence-electron chi connectivity index (χ4n) is 3.81. The lowest BCUT2D eigenvalue weighted by Crippen LogP contribution is -2.38. The molecule has 0 heterocycles. The molecule has 2 fully saturated rings. The van der Waals surface area contributed by atoms with Gasteiger partial charge in [0.2, 0.25) is 0 Å². The van der Waals surface area contributed by atoms with Gasteiger partial charge in [0.15, 0.2) is 0 Å². The summed E-state index contributed by atoms with van der Waals surface area (Å²) in [5.74, 6) is 3.91. The van der Waals surface area contributed by atoms with Gasteiger partial charge >= 0.3 is 0 Å². The number of fused-ring (bicyclic) bond motifs is 2. The van der Waals surface area contributed by atoms with Crippen LogP contribution in [0.15, 0.2) is 0 Å². The van der Waals surface area contributed by atoms with Crippen LogP contribution in [0.2, 0.25) is 0 Å². The second-order valence-corrected chi connectivity index (χ2v) is 7.18. The maximum absolute atomic E-state index is 3.63. The summed E-state index contributed by atoms with van der Waals surface area (Å²) in [5, 5.41) is 3.63. The molecule has 106 valence electrons. The Hall–Kier alpha value is -0.0800. The van der Waals surface area contributed by atoms with Crippen molar-refractivity contribution < 1.29 is 0 Å². The standard InChI is InChI=1S/C16H32N2/c1-12(2)13(3)17-7-8-18(4)11-16-10-14-5-6-15(16)9-14/h12-17H,5-11H2,1-4H3. The first-order valence-corrected chi connectivity index (χ1v) is 7.98. The highest BCUT2D eigenvalue weighted by Gasteiger charge is 2.39. The maximum atomic E-state index is 3.63. The molecule has 0 radical (unpaired) electrons. The van der Waals surface area contributed by atoms with Crippen molar-refractivity contribution in [2.24, 2.45) is 23.7 Å². The summed E-state index contributed by atoms with van der Waals surface area (Å²) < 4.78 is 0. The predicted molar refractivity (Wildman–Crippen MR) is 78.7 cm³/mol. The van der Waals surface area contributed by atoms with E-state index in [1.807, 2.05) is 0 Å². The van der Waals surface area contributed by atoms with Crippen molar-refractivity contribution in [2.75, 3.05) is 26.7 Å². The van der Waals surface area contributed by atoms with Gasteiger partial charge in [-0.25, -0.2) is 0 Å². The smallest absolute Gasteiger partial charge is 0.0104 e. The largest absolute Gasteiger partial charge is 0.313 e. The van der Waals surface area contributed by atoms with Gasteiger partial charge in [-0.2, -0.15) is 0 Å². The van der Waals surface area contributed by atoms with Crippen molar-refractivity contribution in [2.45, 2.75) is 52.5 Å². The molecule has 0 aromatic rings. The van der Waals surface area contributed by atoms with E-state index in [9.17, 15) is 0 Å². The molecular formula is C16H32N2. The van der Waals surface area contributed by atoms with Crippen LogP contribution in [0.1, 0.15) is 46.5 Å². The number of hydrogen-bond donors (Lipinski definition) is 1. The van der Waals surface area contributed by atoms with Crippen molar-refractivity contribution in [1.82, 2.24) is 10.2 Å². The van der Waals surface area contributed by atoms with Gasteiger partial charge in [0.25, 0.3) is 0 Å². The third-order valence-corrected chi connectivity index (χ3v) is 5.39. The minimum atomic E-state index is 0.640. The number of nitrogens with one attached hydrogen (secondary N) is 1. The first kappa shape index (κ1) is 14.3. The van der Waals surface area contributed by atoms with Crippen LogP contribution in [0.5, 0.6) is 0 Å². The molecule has 2 bridgehead atoms. The molecule has 0 spiro atoms. The second kappa shape index (κ2) is 6.38. The summed E-state index contributed by atoms with van der Waals surface area (Å²) in [5.41, 5.74) is 0. The van der Waals surface area contributed by atoms with Crippen LogP contribution in [0, 0.1) is 23.7 Å². The van der Waals surface area contributed by atoms with Crippen molar-refractivity contribution in [1.29, 1.82) is 0 Å². The molecule has 4 atom stereocenters. The summed E-state index contributed by atoms with van der Waals surface area (Å²) in [6, 6.07) is 0.640. The molecule has 0 amide bonds. The molecule has 2 aliphatic rings. The molecule has 0 aliphatic heterocycles. The SMILES string of the molecule is CC(C)C(C)NCCN(C)CC1CC2CCC1C2. The van der Waals surface area contributed by atoms with Gasteiger partial charge in [-0.1, -0.05) is 20.3 Å². The van der Waals surface area contributed by atoms with Crippen LogP contribution in [-0.4, -0.2) is 37.6 Å². The van der Waals surface area contributed by atoms with Gasteiger partial charge in [-0.3, -0.25) is 0 Å². The molecule has 0 saturated heterocycles. The summed E-state index contributed by atoms with van der Waals surface area (Å²) >= 11 is 0. The van der Waals surface area contributed by atoms with E-state index < -0.39 is 0 Å². The minimum Gasteiger partial charge on any atom is -0.313 e. The van der Waals surface area contributed by atoms with Gasteiger partial charge in [0.05, 0.1) is 0 Å². The van der Waals surface area contributed by atoms with Gasteiger partial charge in [0.1, 0.15) is 0 Å². The van der Waals surface area contributed by atoms with Crippen LogP contribution in [0.4, 0.5) is 0 Å². The van der Waals surface area contributed by atoms with E-state index in [2.05, 4.69) is 38.0 Å². The predicted octanol–water partition coefficient (Wildman–Crippen LogP) is 2.99. The molecule has 2 heteroatoms. The van der Waals surface area contributed by atoms with E-state index in [1.165, 1.54) is 32.4 Å². The fraction of sp³-hybridized carbons (Fsp3) is 1.00. The van der Waals surface area contributed by atoms with E-state index in [4.69, 9.17) is 0 Å². The molecule has 0 aromatic carbocycles. The van der Waals surface area contributed by atoms with E-state index >= 15 is 0 Å². The average molecular weight is 252 g/mol. The van der Waals surface area contributed by atoms with Gasteiger partial charge in [-0.15, -0.1) is 0 Å². The Balaban J connectivity index is 1.59. The number of nitrogens with zero attached hydrogens (tertiary/aromatic N) is 1. The first-order valence-electron chi connectivity index (χ1n) is 7.98. The zero-order valence-electron chi connectivity index (χ0n) is 12.8. The Morgan fingerprint density at radius 1 is 1.17 bits per heavy atom. The molecule has 4 unspecified atom stereocenters. The van der Waals surface area contributed by atoms with Crippen molar-refractivity contribution in [3.63, 3.8) is 0 Å². The normalized spacial score (nSPS) is 32.7. The number of rotatable bonds is 7. The fourth-order valence-corrected chi connectivity index (χ4v) is 3.81. The third kappa shape index (κ3) is 3.71. The monoisotopic (exact) mass is 252 g/mol. The maximum Gasteiger partial charge on any atom is 0.0104 e. The van der Waals surface area contributed by atoms with Crippen molar-refractivity contribution in [3.8, 4) is 0 Å². The Bertz CT molecular complexity index is 251. The van der Waals surface area contributed by atoms with E-state index in [0.717, 1.165) is 30.2 Å². The lowest BCUT2D eigenvalue weighted by Gasteiger charge is -2.28. The van der Waals surface area contributed by atoms with Crippen LogP contribution >= 0.6 is 0 Å². The highest BCUT2D eigenvalue weighted by atomic mass is 15.1. The lowest BCUT2D eigenvalue weighted by molar-refractivity contribution is 0.217. The zero-order valence-corrected chi connectivity index (χ0v) is 12.8. The third-order valence-electron chi connectivity index (χ3n) is 5.39. The Morgan fingerprint density at radius 2 is 1.94 bits per heavy atom. The Kier molecular flexibility index (Phi) is 5.08. The summed E-state index contributed by atoms with van der Waals surface area (Å²) in [4.78, 5) is 2.55. The highest BCUT2D eigenvalue weighted by Crippen LogP contribution is 2.48. The lowest BCUT2D eigenvalue weighted by atomic mass is 9.88. The van der Waals surface area contributed by atoms with Crippen LogP contribution in [0.25, 0.3) is 0 Å². The molecule has 2 saturated carbocycles. The molecule has 0 aromatic heterocycles. The number of hydrogen-bond acceptors (Lipinski definition) is 2. The van der Waals surface area contributed by atoms with Gasteiger partial charge in [0, 0.05) is 25.7 Å². The minimum absolute atomic E-state index is 0.640. The topological polar surface area (TPSA) is 15.3 Å². The molecule has 1 N–H and O–H groups in total. The molecule has 2 nitrogen and oxygen atoms in total. The van der Waals surface area contributed by atoms with Crippen molar-refractivity contribution in [3.05, 3.63) is 0 Å². The Morgan fingerprint density at radius 3 is 2.50 bits per heavy atom. The van der Waals surface area contributed by atoms with Crippen LogP contribution in [0.3, 0.4) is 0 Å². The summed E-state index contributed by atoms with van der Waals surface area (Å²) in [6.45, 7) is 10.5. The summed E-state index contributed by atoms with van der Waals surface area (Å²) in [7, 11) is 2.30. The second-order valence-electron chi connectivity index (χ2n) is 7.18. The Labute approximate surface area is 114 Å². The van der Waals surface area contributed by atoms with E-state index in [0.29, 0.717) is 6.04 Å². The average Bonchev–Trinajstić information content (AvgIpc) is 2.90. The molecule has 2 aliphatic carbocycles. The summed E-state index contributed by atoms with van der Waals surface area (Å²) in [6.07, 6.45) is 6.11. The quantitative estimate of drug-likeness (QED) is 0.749. The molecular weight excluding hydrogens is 220 g/mol. The van der Waals surface area contributed by atoms with Gasteiger partial charge in [-0.05, 0) is 56.9 Å². The van der Waals surface area contributed by atoms with Gasteiger partial charge < -0.3 is 10.2 Å². The van der Waals surface area contributed by atoms with E-state index in [-0.39, 0.29) is 0 Å².